The van der Waals surface area contributed by atoms with Gasteiger partial charge in [0.2, 0.25) is 5.75 Å². The molecule has 8 nitrogen and oxygen atoms in total. The van der Waals surface area contributed by atoms with Crippen molar-refractivity contribution in [2.75, 3.05) is 21.3 Å². The summed E-state index contributed by atoms with van der Waals surface area (Å²) < 4.78 is 15.7. The van der Waals surface area contributed by atoms with Gasteiger partial charge in [-0.1, -0.05) is 0 Å². The van der Waals surface area contributed by atoms with Crippen molar-refractivity contribution in [3.8, 4) is 23.3 Å². The van der Waals surface area contributed by atoms with Crippen LogP contribution in [0.1, 0.15) is 28.9 Å². The molecule has 0 spiro atoms. The average Bonchev–Trinajstić information content (AvgIpc) is 2.83. The third-order valence-corrected chi connectivity index (χ3v) is 3.78. The second-order valence-corrected chi connectivity index (χ2v) is 4.86. The molecule has 0 radical (unpaired) electrons. The van der Waals surface area contributed by atoms with Crippen LogP contribution >= 0.6 is 0 Å². The van der Waals surface area contributed by atoms with Gasteiger partial charge in [-0.2, -0.15) is 5.26 Å². The number of carboxylic acid groups (broad SMARTS) is 1. The molecule has 1 aromatic rings. The van der Waals surface area contributed by atoms with Crippen molar-refractivity contribution in [3.63, 3.8) is 0 Å². The molecule has 2 unspecified atom stereocenters. The van der Waals surface area contributed by atoms with Crippen molar-refractivity contribution in [2.45, 2.75) is 19.0 Å². The van der Waals surface area contributed by atoms with Crippen LogP contribution in [0.2, 0.25) is 0 Å². The number of carbonyl (C=O) groups excluding carboxylic acids is 1. The summed E-state index contributed by atoms with van der Waals surface area (Å²) in [7, 11) is 4.19. The number of rotatable bonds is 5. The molecule has 1 aliphatic rings. The normalized spacial score (nSPS) is 17.3. The van der Waals surface area contributed by atoms with Crippen molar-refractivity contribution >= 4 is 11.9 Å². The maximum absolute atomic E-state index is 12.6. The van der Waals surface area contributed by atoms with Gasteiger partial charge in [-0.15, -0.1) is 0 Å². The summed E-state index contributed by atoms with van der Waals surface area (Å²) in [5.74, 6) is -1.09. The zero-order chi connectivity index (χ0) is 17.3. The van der Waals surface area contributed by atoms with Gasteiger partial charge in [0, 0.05) is 5.56 Å². The van der Waals surface area contributed by atoms with Crippen LogP contribution in [0.15, 0.2) is 6.07 Å². The van der Waals surface area contributed by atoms with E-state index in [-0.39, 0.29) is 28.4 Å². The lowest BCUT2D eigenvalue weighted by atomic mass is 10.0. The molecule has 8 heteroatoms. The van der Waals surface area contributed by atoms with E-state index in [0.717, 1.165) is 4.90 Å². The minimum absolute atomic E-state index is 0.166. The van der Waals surface area contributed by atoms with Crippen LogP contribution in [0.4, 0.5) is 0 Å². The number of fused-ring (bicyclic) bond motifs is 1. The number of ether oxygens (including phenoxy) is 3. The van der Waals surface area contributed by atoms with Crippen LogP contribution in [0, 0.1) is 11.3 Å². The van der Waals surface area contributed by atoms with Crippen molar-refractivity contribution in [1.29, 1.82) is 5.26 Å². The molecule has 122 valence electrons. The number of amides is 1. The van der Waals surface area contributed by atoms with E-state index < -0.39 is 24.0 Å². The molecule has 1 heterocycles. The molecule has 2 atom stereocenters. The Hall–Kier alpha value is -2.95. The molecular weight excluding hydrogens is 304 g/mol. The number of aliphatic carboxylic acids is 1. The van der Waals surface area contributed by atoms with Gasteiger partial charge in [-0.05, 0) is 13.0 Å². The maximum Gasteiger partial charge on any atom is 0.326 e. The van der Waals surface area contributed by atoms with E-state index in [2.05, 4.69) is 0 Å². The highest BCUT2D eigenvalue weighted by atomic mass is 16.5. The predicted octanol–water partition coefficient (Wildman–Crippen LogP) is 1.21. The lowest BCUT2D eigenvalue weighted by Crippen LogP contribution is -2.41. The molecule has 1 aromatic carbocycles. The maximum atomic E-state index is 12.6. The minimum atomic E-state index is -1.20. The van der Waals surface area contributed by atoms with E-state index in [0.29, 0.717) is 0 Å². The first kappa shape index (κ1) is 16.4. The van der Waals surface area contributed by atoms with Crippen LogP contribution in [0.3, 0.4) is 0 Å². The standard InChI is InChI=1S/C15H16N2O6/c1-7(15(19)20)17-9(6-16)11-8(14(17)18)5-10(21-2)12(22-3)13(11)23-4/h5,7,9H,1-4H3,(H,19,20). The first-order valence-corrected chi connectivity index (χ1v) is 6.70. The topological polar surface area (TPSA) is 109 Å². The number of carbonyl (C=O) groups is 2. The van der Waals surface area contributed by atoms with E-state index in [1.54, 1.807) is 0 Å². The Labute approximate surface area is 132 Å². The van der Waals surface area contributed by atoms with Gasteiger partial charge >= 0.3 is 5.97 Å². The fourth-order valence-electron chi connectivity index (χ4n) is 2.67. The smallest absolute Gasteiger partial charge is 0.326 e. The zero-order valence-electron chi connectivity index (χ0n) is 13.1. The van der Waals surface area contributed by atoms with E-state index in [4.69, 9.17) is 14.2 Å². The van der Waals surface area contributed by atoms with Gasteiger partial charge in [-0.25, -0.2) is 4.79 Å². The lowest BCUT2D eigenvalue weighted by Gasteiger charge is -2.24. The first-order chi connectivity index (χ1) is 10.9. The van der Waals surface area contributed by atoms with Crippen molar-refractivity contribution in [3.05, 3.63) is 17.2 Å². The van der Waals surface area contributed by atoms with Crippen molar-refractivity contribution in [2.24, 2.45) is 0 Å². The Morgan fingerprint density at radius 1 is 1.30 bits per heavy atom. The van der Waals surface area contributed by atoms with E-state index in [1.165, 1.54) is 34.3 Å². The number of nitriles is 1. The van der Waals surface area contributed by atoms with Gasteiger partial charge in [0.1, 0.15) is 12.1 Å². The summed E-state index contributed by atoms with van der Waals surface area (Å²) in [5, 5.41) is 18.7. The number of methoxy groups -OCH3 is 3. The molecule has 1 N–H and O–H groups in total. The van der Waals surface area contributed by atoms with E-state index in [9.17, 15) is 20.0 Å². The lowest BCUT2D eigenvalue weighted by molar-refractivity contribution is -0.142. The van der Waals surface area contributed by atoms with Gasteiger partial charge in [0.15, 0.2) is 11.5 Å². The molecular formula is C15H16N2O6. The molecule has 1 aliphatic heterocycles. The van der Waals surface area contributed by atoms with Gasteiger partial charge in [-0.3, -0.25) is 4.79 Å². The van der Waals surface area contributed by atoms with E-state index >= 15 is 0 Å². The number of nitrogens with zero attached hydrogens (tertiary/aromatic N) is 2. The van der Waals surface area contributed by atoms with Crippen LogP contribution in [0.25, 0.3) is 0 Å². The van der Waals surface area contributed by atoms with Gasteiger partial charge in [0.05, 0.1) is 33.0 Å². The molecule has 0 aliphatic carbocycles. The third-order valence-electron chi connectivity index (χ3n) is 3.78. The van der Waals surface area contributed by atoms with Crippen LogP contribution in [-0.2, 0) is 4.79 Å². The van der Waals surface area contributed by atoms with Crippen molar-refractivity contribution in [1.82, 2.24) is 4.90 Å². The van der Waals surface area contributed by atoms with Gasteiger partial charge < -0.3 is 24.2 Å². The predicted molar refractivity (Wildman–Crippen MR) is 77.7 cm³/mol. The fraction of sp³-hybridized carbons (Fsp3) is 0.400. The Bertz CT molecular complexity index is 709. The Kier molecular flexibility index (Phi) is 4.31. The van der Waals surface area contributed by atoms with Crippen LogP contribution in [-0.4, -0.2) is 49.3 Å². The first-order valence-electron chi connectivity index (χ1n) is 6.70. The summed E-state index contributed by atoms with van der Waals surface area (Å²) in [6, 6.07) is 1.14. The molecule has 0 bridgehead atoms. The van der Waals surface area contributed by atoms with Crippen LogP contribution < -0.4 is 14.2 Å². The molecule has 23 heavy (non-hydrogen) atoms. The fourth-order valence-corrected chi connectivity index (χ4v) is 2.67. The van der Waals surface area contributed by atoms with E-state index in [1.807, 2.05) is 6.07 Å². The SMILES string of the molecule is COc1cc2c(c(OC)c1OC)C(C#N)N(C(C)C(=O)O)C2=O. The number of hydrogen-bond acceptors (Lipinski definition) is 6. The molecule has 2 rings (SSSR count). The molecule has 0 saturated heterocycles. The average molecular weight is 320 g/mol. The Morgan fingerprint density at radius 3 is 2.35 bits per heavy atom. The highest BCUT2D eigenvalue weighted by Gasteiger charge is 2.45. The summed E-state index contributed by atoms with van der Waals surface area (Å²) in [4.78, 5) is 24.9. The molecule has 0 saturated carbocycles. The molecule has 0 aromatic heterocycles. The zero-order valence-corrected chi connectivity index (χ0v) is 13.1. The monoisotopic (exact) mass is 320 g/mol. The highest BCUT2D eigenvalue weighted by Crippen LogP contribution is 2.49. The Balaban J connectivity index is 2.74. The summed E-state index contributed by atoms with van der Waals surface area (Å²) in [5.41, 5.74) is 0.449. The van der Waals surface area contributed by atoms with Gasteiger partial charge in [0.25, 0.3) is 5.91 Å². The minimum Gasteiger partial charge on any atom is -0.493 e. The largest absolute Gasteiger partial charge is 0.493 e. The Morgan fingerprint density at radius 2 is 1.91 bits per heavy atom. The number of carboxylic acids is 1. The number of benzene rings is 1. The second-order valence-electron chi connectivity index (χ2n) is 4.86. The third kappa shape index (κ3) is 2.30. The van der Waals surface area contributed by atoms with Crippen LogP contribution in [0.5, 0.6) is 17.2 Å². The molecule has 1 amide bonds. The second kappa shape index (κ2) is 6.04. The summed E-state index contributed by atoms with van der Waals surface area (Å²) in [6.45, 7) is 1.34. The summed E-state index contributed by atoms with van der Waals surface area (Å²) >= 11 is 0. The van der Waals surface area contributed by atoms with Crippen molar-refractivity contribution < 1.29 is 28.9 Å². The number of hydrogen-bond donors (Lipinski definition) is 1. The molecule has 0 fully saturated rings. The quantitative estimate of drug-likeness (QED) is 0.868. The highest BCUT2D eigenvalue weighted by molar-refractivity contribution is 6.03. The summed E-state index contributed by atoms with van der Waals surface area (Å²) in [6.07, 6.45) is 0.